The maximum Gasteiger partial charge on any atom is 0.337 e. The number of fused-ring (bicyclic) bond motifs is 3. The van der Waals surface area contributed by atoms with Crippen LogP contribution in [0, 0.1) is 50.6 Å². The van der Waals surface area contributed by atoms with E-state index < -0.39 is 42.5 Å². The Labute approximate surface area is 830 Å². The predicted molar refractivity (Wildman–Crippen MR) is 547 cm³/mol. The van der Waals surface area contributed by atoms with Crippen LogP contribution in [0.3, 0.4) is 0 Å². The van der Waals surface area contributed by atoms with Gasteiger partial charge in [-0.25, -0.2) is 24.5 Å². The van der Waals surface area contributed by atoms with Crippen molar-refractivity contribution in [3.8, 4) is 40.1 Å². The van der Waals surface area contributed by atoms with Crippen LogP contribution in [-0.4, -0.2) is 194 Å². The van der Waals surface area contributed by atoms with Crippen molar-refractivity contribution in [2.45, 2.75) is 137 Å². The van der Waals surface area contributed by atoms with E-state index in [0.717, 1.165) is 88.0 Å². The normalized spacial score (nSPS) is 13.2. The molecular weight excluding hydrogens is 1930 g/mol. The third-order valence-corrected chi connectivity index (χ3v) is 22.2. The summed E-state index contributed by atoms with van der Waals surface area (Å²) < 4.78 is 31.9. The number of likely N-dealkylation sites (tertiary alicyclic amines) is 1. The van der Waals surface area contributed by atoms with E-state index in [-0.39, 0.29) is 95.7 Å². The van der Waals surface area contributed by atoms with Crippen LogP contribution in [0.2, 0.25) is 0 Å². The van der Waals surface area contributed by atoms with E-state index in [4.69, 9.17) is 61.9 Å². The van der Waals surface area contributed by atoms with Gasteiger partial charge in [0.05, 0.1) is 140 Å². The molecule has 0 aliphatic carbocycles. The molecule has 756 valence electrons. The predicted octanol–water partition coefficient (Wildman–Crippen LogP) is 18.4. The molecule has 7 N–H and O–H groups in total. The van der Waals surface area contributed by atoms with Crippen LogP contribution in [0.4, 0.5) is 45.5 Å². The number of ether oxygens (including phenoxy) is 5. The number of benzene rings is 9. The van der Waals surface area contributed by atoms with Crippen molar-refractivity contribution >= 4 is 129 Å². The van der Waals surface area contributed by atoms with Crippen LogP contribution >= 0.6 is 27.5 Å². The number of likely N-dealkylation sites (N-methyl/N-ethyl adjacent to an activating group) is 1. The van der Waals surface area contributed by atoms with E-state index >= 15 is 0 Å². The Morgan fingerprint density at radius 3 is 1.20 bits per heavy atom. The lowest BCUT2D eigenvalue weighted by Gasteiger charge is -2.29. The summed E-state index contributed by atoms with van der Waals surface area (Å²) in [5, 5.41) is 74.5. The Kier molecular flexibility index (Phi) is 46.1. The van der Waals surface area contributed by atoms with Crippen molar-refractivity contribution in [2.75, 3.05) is 110 Å². The molecule has 2 unspecified atom stereocenters. The fraction of sp³-hybridized carbons (Fsp3) is 0.354. The quantitative estimate of drug-likeness (QED) is 0.0117. The number of nitrogen functional groups attached to an aromatic ring is 2. The summed E-state index contributed by atoms with van der Waals surface area (Å²) in [5.74, 6) is 1.15. The molecule has 142 heavy (non-hydrogen) atoms. The average Bonchev–Trinajstić information content (AvgIpc) is 0.791. The van der Waals surface area contributed by atoms with Gasteiger partial charge >= 0.3 is 11.9 Å². The minimum Gasteiger partial charge on any atom is -0.492 e. The number of nitrogens with two attached hydrogens (primary N) is 2. The monoisotopic (exact) mass is 2040 g/mol. The zero-order valence-electron chi connectivity index (χ0n) is 80.7. The maximum absolute atomic E-state index is 13.8. The van der Waals surface area contributed by atoms with Crippen molar-refractivity contribution in [1.29, 1.82) is 0 Å². The third-order valence-electron chi connectivity index (χ3n) is 21.5. The molecule has 3 aliphatic rings. The Morgan fingerprint density at radius 2 is 0.810 bits per heavy atom. The summed E-state index contributed by atoms with van der Waals surface area (Å²) in [7, 11) is 4.32. The number of alkyl halides is 1. The number of nitrogens with zero attached hydrogens (tertiary/aromatic N) is 14. The maximum atomic E-state index is 13.8. The molecule has 15 rings (SSSR count). The zero-order valence-corrected chi connectivity index (χ0v) is 83.0. The molecule has 6 heterocycles. The fourth-order valence-electron chi connectivity index (χ4n) is 14.4. The van der Waals surface area contributed by atoms with Gasteiger partial charge < -0.3 is 60.5 Å². The number of carboxylic acid groups (broad SMARTS) is 2. The van der Waals surface area contributed by atoms with Crippen LogP contribution in [-0.2, 0) is 20.7 Å². The number of hydrogen-bond acceptors (Lipinski definition) is 30. The molecule has 0 saturated carbocycles. The molecule has 43 heteroatoms. The molecule has 41 nitrogen and oxygen atoms in total. The number of aromatic nitrogens is 6. The Bertz CT molecular complexity index is 6570. The Balaban J connectivity index is 0.000000229. The van der Waals surface area contributed by atoms with Gasteiger partial charge in [0.25, 0.3) is 45.1 Å². The van der Waals surface area contributed by atoms with E-state index in [1.54, 1.807) is 42.7 Å². The van der Waals surface area contributed by atoms with Crippen LogP contribution in [0.15, 0.2) is 202 Å². The Hall–Kier alpha value is -15.1. The van der Waals surface area contributed by atoms with Crippen molar-refractivity contribution in [3.05, 3.63) is 298 Å². The van der Waals surface area contributed by atoms with Crippen molar-refractivity contribution in [2.24, 2.45) is 0 Å². The van der Waals surface area contributed by atoms with E-state index in [1.807, 2.05) is 121 Å². The smallest absolute Gasteiger partial charge is 0.337 e. The van der Waals surface area contributed by atoms with E-state index in [1.165, 1.54) is 115 Å². The number of para-hydroxylation sites is 8. The molecule has 3 aliphatic heterocycles. The van der Waals surface area contributed by atoms with Gasteiger partial charge in [-0.1, -0.05) is 98.1 Å². The van der Waals surface area contributed by atoms with E-state index in [9.17, 15) is 84.1 Å². The zero-order chi connectivity index (χ0) is 104. The first-order valence-electron chi connectivity index (χ1n) is 45.7. The molecule has 9 aromatic carbocycles. The molecule has 0 spiro atoms. The second-order valence-electron chi connectivity index (χ2n) is 31.6. The second kappa shape index (κ2) is 57.4. The number of nitro benzene ring substituents is 5. The SMILES string of the molecule is C1CCOC1.CCC(=O)Cl.CCC(=O)Nc1cc([N+](=O)[O-])ccc1C(=O)O.CCOc1ccccc1-n1c(C(C)Br)nc2cc([N+](=O)[O-])ccc2c1=O.CCOc1ccccc1-n1c(C(C)N2CCCN(C)CC2)nc2cc([N+](=O)[O-])ccc2c1=O.CCOc1ccccc1-n1c(CC)nc2cc([N+](=O)[O-])ccc2c1=O.CCOc1ccccc1N.CN1CCCCCC1.Nc1cc([N+](=O)[O-])ccc1C(=O)O. The number of carbonyl (C=O) groups excluding carboxylic acids is 2. The van der Waals surface area contributed by atoms with Gasteiger partial charge in [0.1, 0.15) is 40.5 Å². The number of nitrogens with one attached hydrogen (secondary N) is 1. The van der Waals surface area contributed by atoms with Crippen LogP contribution in [0.25, 0.3) is 49.8 Å². The highest BCUT2D eigenvalue weighted by atomic mass is 79.9. The summed E-state index contributed by atoms with van der Waals surface area (Å²) >= 11 is 8.29. The van der Waals surface area contributed by atoms with Crippen molar-refractivity contribution < 1.29 is 77.7 Å². The minimum atomic E-state index is -1.26. The third kappa shape index (κ3) is 33.0. The van der Waals surface area contributed by atoms with Crippen LogP contribution < -0.4 is 52.4 Å². The highest BCUT2D eigenvalue weighted by molar-refractivity contribution is 9.09. The summed E-state index contributed by atoms with van der Waals surface area (Å²) in [6, 6.07) is 47.9. The minimum absolute atomic E-state index is 0.0708. The van der Waals surface area contributed by atoms with Gasteiger partial charge in [0, 0.05) is 113 Å². The number of amides is 1. The molecule has 3 aromatic heterocycles. The largest absolute Gasteiger partial charge is 0.492 e. The number of hydrogen-bond donors (Lipinski definition) is 5. The van der Waals surface area contributed by atoms with Gasteiger partial charge in [0.15, 0.2) is 0 Å². The van der Waals surface area contributed by atoms with Crippen molar-refractivity contribution in [3.63, 3.8) is 0 Å². The van der Waals surface area contributed by atoms with E-state index in [0.29, 0.717) is 124 Å². The average molecular weight is 2040 g/mol. The van der Waals surface area contributed by atoms with E-state index in [2.05, 4.69) is 60.0 Å². The van der Waals surface area contributed by atoms with Crippen LogP contribution in [0.1, 0.15) is 169 Å². The number of non-ortho nitro benzene ring substituents is 5. The lowest BCUT2D eigenvalue weighted by atomic mass is 10.1. The molecule has 0 bridgehead atoms. The molecule has 1 amide bonds. The highest BCUT2D eigenvalue weighted by Crippen LogP contribution is 2.34. The molecule has 3 saturated heterocycles. The van der Waals surface area contributed by atoms with Gasteiger partial charge in [-0.05, 0) is 198 Å². The summed E-state index contributed by atoms with van der Waals surface area (Å²) in [6.07, 6.45) is 10.4. The summed E-state index contributed by atoms with van der Waals surface area (Å²) in [4.78, 5) is 154. The number of halogens is 2. The topological polar surface area (TPSA) is 549 Å². The number of anilines is 3. The van der Waals surface area contributed by atoms with Gasteiger partial charge in [-0.3, -0.25) is 93.1 Å². The standard InChI is InChI=1S/C24H29N5O4.C18H16BrN3O4.C18H17N3O4.C10H10N2O5.C8H11NO.C7H6N2O4.C7H15N.C4H8O.C3H5ClO/c1-4-33-22-9-6-5-8-21(22)28-23(17(2)27-13-7-12-26(3)14-15-27)25-20-16-18(29(31)32)10-11-19(20)24(28)30;1-3-26-16-7-5-4-6-15(16)21-17(11(2)19)20-14-10-12(22(24)25)8-9-13(14)18(21)23;1-3-17-19-14-11-12(21(23)24)9-10-13(14)18(22)20(17)15-7-5-6-8-16(15)25-4-2;1-2-9(13)11-8-5-6(12(16)17)3-4-7(8)10(14)15;1-2-10-8-6-4-3-5-7(8)9;8-6-3-4(9(12)13)1-2-5(6)7(10)11;1-8-6-4-2-3-5-7-8;1-2-4-5-3-1;1-2-3(4)5/h5-6,8-11,16-17H,4,7,12-15H2,1-3H3;4-11H,3H2,1-2H3;5-11H,3-4H2,1-2H3;3-5H,2H2,1H3,(H,11,13)(H,14,15);3-6H,2,9H2,1H3;1-3H,8H2,(H,10,11);2-7H2,1H3;1-4H2;2H2,1H3. The highest BCUT2D eigenvalue weighted by Gasteiger charge is 2.29. The number of rotatable bonds is 25. The summed E-state index contributed by atoms with van der Waals surface area (Å²) in [5.41, 5.74) is 12.2. The summed E-state index contributed by atoms with van der Waals surface area (Å²) in [6.45, 7) is 27.0. The molecule has 12 aromatic rings. The van der Waals surface area contributed by atoms with Gasteiger partial charge in [-0.2, -0.15) is 0 Å². The fourth-order valence-corrected chi connectivity index (χ4v) is 14.7. The number of aryl methyl sites for hydroxylation is 1. The molecule has 0 radical (unpaired) electrons. The van der Waals surface area contributed by atoms with Crippen LogP contribution in [0.5, 0.6) is 23.0 Å². The molecular formula is C99H117BrClN17O24. The molecule has 3 fully saturated rings. The first-order valence-corrected chi connectivity index (χ1v) is 47.0. The van der Waals surface area contributed by atoms with Gasteiger partial charge in [0.2, 0.25) is 11.1 Å². The number of nitro groups is 5. The first-order chi connectivity index (χ1) is 67.9. The van der Waals surface area contributed by atoms with Gasteiger partial charge in [-0.15, -0.1) is 0 Å². The second-order valence-corrected chi connectivity index (χ2v) is 33.3. The number of aromatic carboxylic acids is 2. The Morgan fingerprint density at radius 1 is 0.444 bits per heavy atom. The van der Waals surface area contributed by atoms with Crippen molar-refractivity contribution in [1.82, 2.24) is 43.4 Å². The lowest BCUT2D eigenvalue weighted by Crippen LogP contribution is -2.35. The first kappa shape index (κ1) is 114. The lowest BCUT2D eigenvalue weighted by molar-refractivity contribution is -0.385. The molecule has 2 atom stereocenters. The number of carboxylic acids is 2. The number of carbonyl (C=O) groups is 4.